The van der Waals surface area contributed by atoms with Gasteiger partial charge in [0, 0.05) is 18.3 Å². The molecular weight excluding hydrogens is 265 g/mol. The van der Waals surface area contributed by atoms with Gasteiger partial charge in [-0.05, 0) is 6.07 Å². The first-order valence-electron chi connectivity index (χ1n) is 4.61. The van der Waals surface area contributed by atoms with Crippen molar-refractivity contribution in [3.8, 4) is 0 Å². The molecule has 2 aromatic heterocycles. The normalized spacial score (nSPS) is 10.2. The molecule has 2 heterocycles. The third-order valence-corrected chi connectivity index (χ3v) is 2.44. The lowest BCUT2D eigenvalue weighted by atomic mass is 10.3. The molecule has 0 spiro atoms. The predicted octanol–water partition coefficient (Wildman–Crippen LogP) is 1.44. The quantitative estimate of drug-likeness (QED) is 0.885. The minimum Gasteiger partial charge on any atom is -0.348 e. The number of nitrogens with zero attached hydrogens (tertiary/aromatic N) is 3. The van der Waals surface area contributed by atoms with E-state index in [0.717, 1.165) is 5.56 Å². The number of hydrogen-bond donors (Lipinski definition) is 2. The number of aromatic nitrogens is 4. The first kappa shape index (κ1) is 11.8. The fourth-order valence-electron chi connectivity index (χ4n) is 1.16. The van der Waals surface area contributed by atoms with Gasteiger partial charge in [0.1, 0.15) is 0 Å². The molecule has 0 unspecified atom stereocenters. The highest BCUT2D eigenvalue weighted by Crippen LogP contribution is 2.15. The van der Waals surface area contributed by atoms with Crippen molar-refractivity contribution >= 4 is 29.1 Å². The fraction of sp³-hybridized carbons (Fsp3) is 0.111. The second kappa shape index (κ2) is 5.11. The molecule has 0 saturated heterocycles. The monoisotopic (exact) mass is 271 g/mol. The first-order chi connectivity index (χ1) is 8.16. The molecule has 0 radical (unpaired) electrons. The average molecular weight is 272 g/mol. The Bertz CT molecular complexity index is 528. The highest BCUT2D eigenvalue weighted by atomic mass is 35.5. The largest absolute Gasteiger partial charge is 0.348 e. The van der Waals surface area contributed by atoms with Gasteiger partial charge in [0.15, 0.2) is 10.3 Å². The minimum absolute atomic E-state index is 0.0130. The predicted molar refractivity (Wildman–Crippen MR) is 61.8 cm³/mol. The van der Waals surface area contributed by atoms with Crippen LogP contribution in [0.15, 0.2) is 18.5 Å². The van der Waals surface area contributed by atoms with Crippen LogP contribution < -0.4 is 5.32 Å². The summed E-state index contributed by atoms with van der Waals surface area (Å²) in [6.07, 6.45) is 3.29. The van der Waals surface area contributed by atoms with Crippen LogP contribution in [0, 0.1) is 0 Å². The Morgan fingerprint density at radius 2 is 2.24 bits per heavy atom. The molecule has 6 nitrogen and oxygen atoms in total. The van der Waals surface area contributed by atoms with Crippen molar-refractivity contribution < 1.29 is 4.79 Å². The van der Waals surface area contributed by atoms with E-state index in [9.17, 15) is 4.79 Å². The third-order valence-electron chi connectivity index (χ3n) is 1.97. The number of amides is 1. The van der Waals surface area contributed by atoms with Gasteiger partial charge in [0.2, 0.25) is 0 Å². The summed E-state index contributed by atoms with van der Waals surface area (Å²) in [4.78, 5) is 11.8. The molecule has 0 aliphatic heterocycles. The summed E-state index contributed by atoms with van der Waals surface area (Å²) < 4.78 is 0. The van der Waals surface area contributed by atoms with Crippen LogP contribution in [0.1, 0.15) is 15.9 Å². The van der Waals surface area contributed by atoms with Crippen LogP contribution in [-0.2, 0) is 6.54 Å². The smallest absolute Gasteiger partial charge is 0.254 e. The summed E-state index contributed by atoms with van der Waals surface area (Å²) >= 11 is 11.4. The highest BCUT2D eigenvalue weighted by Gasteiger charge is 2.12. The van der Waals surface area contributed by atoms with E-state index < -0.39 is 0 Å². The van der Waals surface area contributed by atoms with Crippen molar-refractivity contribution in [3.05, 3.63) is 39.9 Å². The lowest BCUT2D eigenvalue weighted by molar-refractivity contribution is 0.0950. The molecule has 88 valence electrons. The lowest BCUT2D eigenvalue weighted by Gasteiger charge is -2.04. The zero-order chi connectivity index (χ0) is 12.3. The first-order valence-corrected chi connectivity index (χ1v) is 5.37. The molecule has 0 aromatic carbocycles. The van der Waals surface area contributed by atoms with Gasteiger partial charge in [0.05, 0.1) is 11.8 Å². The molecule has 0 saturated carbocycles. The summed E-state index contributed by atoms with van der Waals surface area (Å²) in [6, 6.07) is 1.36. The summed E-state index contributed by atoms with van der Waals surface area (Å²) in [5.41, 5.74) is 1.04. The maximum Gasteiger partial charge on any atom is 0.254 e. The highest BCUT2D eigenvalue weighted by molar-refractivity contribution is 6.34. The third kappa shape index (κ3) is 2.92. The van der Waals surface area contributed by atoms with Crippen LogP contribution in [0.4, 0.5) is 0 Å². The average Bonchev–Trinajstić information content (AvgIpc) is 2.82. The van der Waals surface area contributed by atoms with Crippen molar-refractivity contribution in [1.82, 2.24) is 25.7 Å². The number of carbonyl (C=O) groups is 1. The molecule has 8 heteroatoms. The zero-order valence-corrected chi connectivity index (χ0v) is 9.96. The number of nitrogens with one attached hydrogen (secondary N) is 2. The Kier molecular flexibility index (Phi) is 3.55. The van der Waals surface area contributed by atoms with Crippen molar-refractivity contribution in [2.45, 2.75) is 6.54 Å². The summed E-state index contributed by atoms with van der Waals surface area (Å²) in [5, 5.41) is 16.3. The molecule has 0 atom stereocenters. The maximum absolute atomic E-state index is 11.8. The number of aromatic amines is 1. The number of H-pyrrole nitrogens is 1. The Morgan fingerprint density at radius 1 is 1.41 bits per heavy atom. The fourth-order valence-corrected chi connectivity index (χ4v) is 1.49. The van der Waals surface area contributed by atoms with E-state index in [4.69, 9.17) is 23.2 Å². The minimum atomic E-state index is -0.368. The van der Waals surface area contributed by atoms with Crippen molar-refractivity contribution in [2.24, 2.45) is 0 Å². The molecule has 2 rings (SSSR count). The number of rotatable bonds is 3. The number of hydrogen-bond acceptors (Lipinski definition) is 4. The molecule has 17 heavy (non-hydrogen) atoms. The molecule has 0 aliphatic rings. The summed E-state index contributed by atoms with van der Waals surface area (Å²) in [7, 11) is 0. The van der Waals surface area contributed by atoms with Gasteiger partial charge in [-0.3, -0.25) is 9.89 Å². The van der Waals surface area contributed by atoms with Crippen LogP contribution in [0.2, 0.25) is 10.3 Å². The topological polar surface area (TPSA) is 83.6 Å². The standard InChI is InChI=1S/C9H7Cl2N5O/c10-7-1-6(8(11)16-15-7)9(17)12-2-5-3-13-14-4-5/h1,3-4H,2H2,(H,12,17)(H,13,14). The second-order valence-electron chi connectivity index (χ2n) is 3.16. The summed E-state index contributed by atoms with van der Waals surface area (Å²) in [6.45, 7) is 0.339. The van der Waals surface area contributed by atoms with E-state index in [0.29, 0.717) is 6.54 Å². The molecular formula is C9H7Cl2N5O. The zero-order valence-electron chi connectivity index (χ0n) is 8.44. The van der Waals surface area contributed by atoms with E-state index in [1.54, 1.807) is 12.4 Å². The van der Waals surface area contributed by atoms with Crippen LogP contribution in [0.5, 0.6) is 0 Å². The van der Waals surface area contributed by atoms with E-state index in [1.807, 2.05) is 0 Å². The van der Waals surface area contributed by atoms with Gasteiger partial charge >= 0.3 is 0 Å². The van der Waals surface area contributed by atoms with Gasteiger partial charge in [-0.1, -0.05) is 23.2 Å². The van der Waals surface area contributed by atoms with Crippen molar-refractivity contribution in [2.75, 3.05) is 0 Å². The summed E-state index contributed by atoms with van der Waals surface area (Å²) in [5.74, 6) is -0.368. The van der Waals surface area contributed by atoms with Gasteiger partial charge in [-0.2, -0.15) is 5.10 Å². The van der Waals surface area contributed by atoms with Crippen LogP contribution in [-0.4, -0.2) is 26.3 Å². The molecule has 0 aliphatic carbocycles. The van der Waals surface area contributed by atoms with Crippen molar-refractivity contribution in [3.63, 3.8) is 0 Å². The molecule has 2 aromatic rings. The maximum atomic E-state index is 11.8. The van der Waals surface area contributed by atoms with Gasteiger partial charge < -0.3 is 5.32 Å². The second-order valence-corrected chi connectivity index (χ2v) is 3.91. The Labute approximate surface area is 106 Å². The molecule has 1 amide bonds. The lowest BCUT2D eigenvalue weighted by Crippen LogP contribution is -2.23. The van der Waals surface area contributed by atoms with Gasteiger partial charge in [-0.15, -0.1) is 10.2 Å². The molecule has 0 bridgehead atoms. The Hall–Kier alpha value is -1.66. The van der Waals surface area contributed by atoms with E-state index in [-0.39, 0.29) is 21.8 Å². The van der Waals surface area contributed by atoms with Gasteiger partial charge in [0.25, 0.3) is 5.91 Å². The SMILES string of the molecule is O=C(NCc1cn[nH]c1)c1cc(Cl)nnc1Cl. The van der Waals surface area contributed by atoms with Gasteiger partial charge in [-0.25, -0.2) is 0 Å². The van der Waals surface area contributed by atoms with E-state index in [1.165, 1.54) is 6.07 Å². The Morgan fingerprint density at radius 3 is 2.94 bits per heavy atom. The molecule has 0 fully saturated rings. The molecule has 2 N–H and O–H groups in total. The Balaban J connectivity index is 2.07. The van der Waals surface area contributed by atoms with E-state index in [2.05, 4.69) is 25.7 Å². The van der Waals surface area contributed by atoms with E-state index >= 15 is 0 Å². The van der Waals surface area contributed by atoms with Crippen LogP contribution in [0.25, 0.3) is 0 Å². The van der Waals surface area contributed by atoms with Crippen molar-refractivity contribution in [1.29, 1.82) is 0 Å². The number of halogens is 2. The van der Waals surface area contributed by atoms with Crippen LogP contribution >= 0.6 is 23.2 Å². The van der Waals surface area contributed by atoms with Crippen LogP contribution in [0.3, 0.4) is 0 Å². The number of carbonyl (C=O) groups excluding carboxylic acids is 1.